The summed E-state index contributed by atoms with van der Waals surface area (Å²) < 4.78 is -1.41. The molecule has 0 bridgehead atoms. The van der Waals surface area contributed by atoms with Crippen molar-refractivity contribution in [2.24, 2.45) is 0 Å². The minimum absolute atomic E-state index is 0.242. The van der Waals surface area contributed by atoms with E-state index in [-0.39, 0.29) is 5.91 Å². The smallest absolute Gasteiger partial charge is 0.268 e. The van der Waals surface area contributed by atoms with Crippen molar-refractivity contribution in [1.82, 2.24) is 0 Å². The summed E-state index contributed by atoms with van der Waals surface area (Å²) >= 11 is 12.1. The molecule has 0 fully saturated rings. The molecule has 0 saturated carbocycles. The van der Waals surface area contributed by atoms with Crippen molar-refractivity contribution in [3.63, 3.8) is 0 Å². The number of alkyl halides is 2. The fourth-order valence-electron chi connectivity index (χ4n) is 1.81. The van der Waals surface area contributed by atoms with E-state index in [9.17, 15) is 4.79 Å². The maximum absolute atomic E-state index is 11.9. The molecule has 1 aliphatic rings. The number of amides is 1. The summed E-state index contributed by atoms with van der Waals surface area (Å²) in [7, 11) is 0. The lowest BCUT2D eigenvalue weighted by Crippen LogP contribution is -2.33. The number of fused-ring (bicyclic) bond motifs is 1. The average Bonchev–Trinajstić information content (AvgIpc) is 2.42. The van der Waals surface area contributed by atoms with Crippen LogP contribution < -0.4 is 4.90 Å². The van der Waals surface area contributed by atoms with Crippen LogP contribution in [0.3, 0.4) is 0 Å². The largest absolute Gasteiger partial charge is 0.309 e. The van der Waals surface area contributed by atoms with E-state index in [1.807, 2.05) is 25.1 Å². The number of rotatable bonds is 2. The summed E-state index contributed by atoms with van der Waals surface area (Å²) in [6, 6.07) is 7.38. The molecule has 2 nitrogen and oxygen atoms in total. The topological polar surface area (TPSA) is 20.3 Å². The first-order valence-corrected chi connectivity index (χ1v) is 5.64. The minimum atomic E-state index is -1.41. The molecule has 80 valence electrons. The van der Waals surface area contributed by atoms with E-state index in [0.717, 1.165) is 12.1 Å². The highest BCUT2D eigenvalue weighted by Gasteiger charge is 2.47. The van der Waals surface area contributed by atoms with Crippen LogP contribution in [0.1, 0.15) is 18.9 Å². The lowest BCUT2D eigenvalue weighted by Gasteiger charge is -2.16. The molecule has 0 atom stereocenters. The molecule has 1 heterocycles. The number of anilines is 1. The number of carbonyl (C=O) groups is 1. The van der Waals surface area contributed by atoms with Gasteiger partial charge in [0, 0.05) is 12.1 Å². The zero-order valence-electron chi connectivity index (χ0n) is 8.34. The molecular weight excluding hydrogens is 233 g/mol. The van der Waals surface area contributed by atoms with Gasteiger partial charge in [0.2, 0.25) is 4.33 Å². The first-order valence-electron chi connectivity index (χ1n) is 4.88. The van der Waals surface area contributed by atoms with Crippen molar-refractivity contribution in [3.8, 4) is 0 Å². The first kappa shape index (κ1) is 10.8. The van der Waals surface area contributed by atoms with Gasteiger partial charge in [-0.05, 0) is 12.5 Å². The van der Waals surface area contributed by atoms with Gasteiger partial charge in [-0.1, -0.05) is 48.3 Å². The molecule has 1 aliphatic heterocycles. The van der Waals surface area contributed by atoms with Crippen LogP contribution in [0, 0.1) is 0 Å². The molecule has 0 unspecified atom stereocenters. The normalized spacial score (nSPS) is 18.1. The fourth-order valence-corrected chi connectivity index (χ4v) is 2.34. The van der Waals surface area contributed by atoms with Gasteiger partial charge in [0.1, 0.15) is 0 Å². The van der Waals surface area contributed by atoms with Gasteiger partial charge in [-0.25, -0.2) is 0 Å². The van der Waals surface area contributed by atoms with E-state index in [1.165, 1.54) is 0 Å². The number of carbonyl (C=O) groups excluding carboxylic acids is 1. The highest BCUT2D eigenvalue weighted by atomic mass is 35.5. The molecule has 15 heavy (non-hydrogen) atoms. The van der Waals surface area contributed by atoms with Crippen LogP contribution >= 0.6 is 23.2 Å². The second kappa shape index (κ2) is 3.69. The van der Waals surface area contributed by atoms with E-state index in [0.29, 0.717) is 12.1 Å². The van der Waals surface area contributed by atoms with Crippen molar-refractivity contribution in [2.45, 2.75) is 17.7 Å². The molecule has 0 aromatic heterocycles. The SMILES string of the molecule is CCCN1C(=O)C(Cl)(Cl)c2ccccc21. The van der Waals surface area contributed by atoms with Gasteiger partial charge in [0.15, 0.2) is 0 Å². The van der Waals surface area contributed by atoms with Crippen molar-refractivity contribution in [2.75, 3.05) is 11.4 Å². The van der Waals surface area contributed by atoms with E-state index in [4.69, 9.17) is 23.2 Å². The predicted octanol–water partition coefficient (Wildman–Crippen LogP) is 3.07. The predicted molar refractivity (Wildman–Crippen MR) is 62.5 cm³/mol. The van der Waals surface area contributed by atoms with Gasteiger partial charge < -0.3 is 4.90 Å². The summed E-state index contributed by atoms with van der Waals surface area (Å²) in [6.07, 6.45) is 0.879. The summed E-state index contributed by atoms with van der Waals surface area (Å²) in [5.74, 6) is -0.242. The molecule has 1 amide bonds. The van der Waals surface area contributed by atoms with Crippen molar-refractivity contribution in [3.05, 3.63) is 29.8 Å². The quantitative estimate of drug-likeness (QED) is 0.732. The number of hydrogen-bond acceptors (Lipinski definition) is 1. The zero-order chi connectivity index (χ0) is 11.1. The summed E-state index contributed by atoms with van der Waals surface area (Å²) in [4.78, 5) is 13.6. The lowest BCUT2D eigenvalue weighted by molar-refractivity contribution is -0.118. The Hall–Kier alpha value is -0.730. The zero-order valence-corrected chi connectivity index (χ0v) is 9.85. The Bertz CT molecular complexity index is 403. The molecule has 1 aromatic carbocycles. The molecule has 0 saturated heterocycles. The van der Waals surface area contributed by atoms with E-state index in [1.54, 1.807) is 11.0 Å². The summed E-state index contributed by atoms with van der Waals surface area (Å²) in [5, 5.41) is 0. The van der Waals surface area contributed by atoms with Crippen molar-refractivity contribution < 1.29 is 4.79 Å². The first-order chi connectivity index (χ1) is 7.09. The third-order valence-electron chi connectivity index (χ3n) is 2.49. The van der Waals surface area contributed by atoms with Crippen molar-refractivity contribution in [1.29, 1.82) is 0 Å². The molecule has 0 N–H and O–H groups in total. The van der Waals surface area contributed by atoms with Crippen LogP contribution in [0.2, 0.25) is 0 Å². The van der Waals surface area contributed by atoms with Crippen molar-refractivity contribution >= 4 is 34.8 Å². The molecule has 2 rings (SSSR count). The third kappa shape index (κ3) is 1.52. The Morgan fingerprint density at radius 2 is 2.00 bits per heavy atom. The molecule has 0 radical (unpaired) electrons. The van der Waals surface area contributed by atoms with Gasteiger partial charge >= 0.3 is 0 Å². The molecule has 0 spiro atoms. The lowest BCUT2D eigenvalue weighted by atomic mass is 10.1. The highest BCUT2D eigenvalue weighted by Crippen LogP contribution is 2.47. The van der Waals surface area contributed by atoms with Gasteiger partial charge in [-0.15, -0.1) is 0 Å². The Labute approximate surface area is 98.8 Å². The number of para-hydroxylation sites is 1. The van der Waals surface area contributed by atoms with Crippen LogP contribution in [-0.4, -0.2) is 12.5 Å². The Kier molecular flexibility index (Phi) is 2.65. The van der Waals surface area contributed by atoms with E-state index < -0.39 is 4.33 Å². The summed E-state index contributed by atoms with van der Waals surface area (Å²) in [6.45, 7) is 2.66. The second-order valence-electron chi connectivity index (χ2n) is 3.55. The Morgan fingerprint density at radius 1 is 1.33 bits per heavy atom. The van der Waals surface area contributed by atoms with Gasteiger partial charge in [0.25, 0.3) is 5.91 Å². The fraction of sp³-hybridized carbons (Fsp3) is 0.364. The Morgan fingerprint density at radius 3 is 2.67 bits per heavy atom. The van der Waals surface area contributed by atoms with Crippen LogP contribution in [0.5, 0.6) is 0 Å². The number of nitrogens with zero attached hydrogens (tertiary/aromatic N) is 1. The van der Waals surface area contributed by atoms with Crippen LogP contribution in [-0.2, 0) is 9.13 Å². The molecule has 1 aromatic rings. The van der Waals surface area contributed by atoms with Gasteiger partial charge in [0.05, 0.1) is 5.69 Å². The highest BCUT2D eigenvalue weighted by molar-refractivity contribution is 6.60. The molecule has 0 aliphatic carbocycles. The van der Waals surface area contributed by atoms with E-state index >= 15 is 0 Å². The molecular formula is C11H11Cl2NO. The van der Waals surface area contributed by atoms with Gasteiger partial charge in [-0.3, -0.25) is 4.79 Å². The summed E-state index contributed by atoms with van der Waals surface area (Å²) in [5.41, 5.74) is 1.51. The number of halogens is 2. The molecule has 4 heteroatoms. The second-order valence-corrected chi connectivity index (χ2v) is 4.88. The van der Waals surface area contributed by atoms with E-state index in [2.05, 4.69) is 0 Å². The maximum Gasteiger partial charge on any atom is 0.268 e. The Balaban J connectivity index is 2.52. The van der Waals surface area contributed by atoms with Gasteiger partial charge in [-0.2, -0.15) is 0 Å². The third-order valence-corrected chi connectivity index (χ3v) is 3.22. The van der Waals surface area contributed by atoms with Crippen LogP contribution in [0.15, 0.2) is 24.3 Å². The monoisotopic (exact) mass is 243 g/mol. The number of benzene rings is 1. The maximum atomic E-state index is 11.9. The van der Waals surface area contributed by atoms with Crippen LogP contribution in [0.4, 0.5) is 5.69 Å². The number of hydrogen-bond donors (Lipinski definition) is 0. The average molecular weight is 244 g/mol. The minimum Gasteiger partial charge on any atom is -0.309 e. The van der Waals surface area contributed by atoms with Crippen LogP contribution in [0.25, 0.3) is 0 Å². The standard InChI is InChI=1S/C11H11Cl2NO/c1-2-7-14-9-6-4-3-5-8(9)11(12,13)10(14)15/h3-6H,2,7H2,1H3.